The quantitative estimate of drug-likeness (QED) is 0.765. The molecule has 4 nitrogen and oxygen atoms in total. The topological polar surface area (TPSA) is 54.0 Å². The molecule has 0 aliphatic heterocycles. The van der Waals surface area contributed by atoms with Gasteiger partial charge in [-0.25, -0.2) is 0 Å². The average Bonchev–Trinajstić information content (AvgIpc) is 2.43. The third-order valence-corrected chi connectivity index (χ3v) is 3.13. The summed E-state index contributed by atoms with van der Waals surface area (Å²) in [4.78, 5) is 16.3. The largest absolute Gasteiger partial charge is 0.385 e. The Morgan fingerprint density at radius 2 is 2.05 bits per heavy atom. The van der Waals surface area contributed by atoms with E-state index < -0.39 is 0 Å². The Bertz CT molecular complexity index is 418. The van der Waals surface area contributed by atoms with Crippen LogP contribution in [-0.2, 0) is 0 Å². The van der Waals surface area contributed by atoms with Crippen molar-refractivity contribution in [2.24, 2.45) is 5.92 Å². The zero-order valence-electron chi connectivity index (χ0n) is 13.1. The van der Waals surface area contributed by atoms with Gasteiger partial charge in [0.15, 0.2) is 0 Å². The Balaban J connectivity index is 2.54. The molecular formula is C16H27N3O. The molecule has 0 radical (unpaired) electrons. The molecule has 1 amide bonds. The molecule has 2 N–H and O–H groups in total. The maximum absolute atomic E-state index is 12.1. The first-order valence-corrected chi connectivity index (χ1v) is 7.53. The Kier molecular flexibility index (Phi) is 7.05. The normalized spacial score (nSPS) is 12.2. The fraction of sp³-hybridized carbons (Fsp3) is 0.625. The lowest BCUT2D eigenvalue weighted by molar-refractivity contribution is 0.0932. The molecule has 1 rings (SSSR count). The minimum absolute atomic E-state index is 0.0959. The van der Waals surface area contributed by atoms with Gasteiger partial charge in [0.05, 0.1) is 0 Å². The summed E-state index contributed by atoms with van der Waals surface area (Å²) in [5.74, 6) is 0.565. The predicted molar refractivity (Wildman–Crippen MR) is 84.0 cm³/mol. The van der Waals surface area contributed by atoms with E-state index in [0.29, 0.717) is 11.6 Å². The van der Waals surface area contributed by atoms with E-state index in [1.807, 2.05) is 13.0 Å². The van der Waals surface area contributed by atoms with Gasteiger partial charge >= 0.3 is 0 Å². The van der Waals surface area contributed by atoms with Crippen molar-refractivity contribution >= 4 is 11.6 Å². The number of rotatable bonds is 8. The molecule has 4 heteroatoms. The number of hydrogen-bond donors (Lipinski definition) is 2. The van der Waals surface area contributed by atoms with Gasteiger partial charge in [-0.15, -0.1) is 0 Å². The molecule has 1 unspecified atom stereocenters. The third-order valence-electron chi connectivity index (χ3n) is 3.13. The maximum Gasteiger partial charge on any atom is 0.270 e. The van der Waals surface area contributed by atoms with Gasteiger partial charge in [-0.3, -0.25) is 9.78 Å². The van der Waals surface area contributed by atoms with Crippen molar-refractivity contribution in [2.75, 3.05) is 11.9 Å². The van der Waals surface area contributed by atoms with Gasteiger partial charge in [0, 0.05) is 24.5 Å². The Hall–Kier alpha value is -1.58. The van der Waals surface area contributed by atoms with E-state index in [0.717, 1.165) is 31.5 Å². The Morgan fingerprint density at radius 3 is 2.70 bits per heavy atom. The highest BCUT2D eigenvalue weighted by molar-refractivity contribution is 5.93. The lowest BCUT2D eigenvalue weighted by atomic mass is 10.0. The number of aromatic nitrogens is 1. The van der Waals surface area contributed by atoms with E-state index in [1.165, 1.54) is 0 Å². The van der Waals surface area contributed by atoms with Gasteiger partial charge in [-0.05, 0) is 44.2 Å². The smallest absolute Gasteiger partial charge is 0.270 e. The summed E-state index contributed by atoms with van der Waals surface area (Å²) in [7, 11) is 0. The summed E-state index contributed by atoms with van der Waals surface area (Å²) < 4.78 is 0. The summed E-state index contributed by atoms with van der Waals surface area (Å²) in [5.41, 5.74) is 1.42. The molecule has 0 bridgehead atoms. The number of carbonyl (C=O) groups excluding carboxylic acids is 1. The fourth-order valence-electron chi connectivity index (χ4n) is 1.89. The second kappa shape index (κ2) is 8.56. The molecule has 1 aromatic heterocycles. The molecule has 1 heterocycles. The SMILES string of the molecule is CCCNc1ccnc(C(=O)NC(C)CCC(C)C)c1. The van der Waals surface area contributed by atoms with Crippen LogP contribution in [0.1, 0.15) is 57.4 Å². The van der Waals surface area contributed by atoms with E-state index in [9.17, 15) is 4.79 Å². The van der Waals surface area contributed by atoms with Crippen LogP contribution in [0.15, 0.2) is 18.3 Å². The lowest BCUT2D eigenvalue weighted by Gasteiger charge is -2.15. The van der Waals surface area contributed by atoms with Gasteiger partial charge in [0.2, 0.25) is 0 Å². The molecule has 1 aromatic rings. The summed E-state index contributed by atoms with van der Waals surface area (Å²) in [6.07, 6.45) is 4.84. The van der Waals surface area contributed by atoms with Crippen molar-refractivity contribution in [3.05, 3.63) is 24.0 Å². The van der Waals surface area contributed by atoms with Crippen molar-refractivity contribution in [1.29, 1.82) is 0 Å². The van der Waals surface area contributed by atoms with E-state index in [2.05, 4.69) is 36.4 Å². The van der Waals surface area contributed by atoms with Gasteiger partial charge in [-0.1, -0.05) is 20.8 Å². The molecule has 0 spiro atoms. The van der Waals surface area contributed by atoms with Crippen molar-refractivity contribution in [1.82, 2.24) is 10.3 Å². The molecule has 0 aliphatic carbocycles. The highest BCUT2D eigenvalue weighted by Crippen LogP contribution is 2.10. The maximum atomic E-state index is 12.1. The summed E-state index contributed by atoms with van der Waals surface area (Å²) in [6, 6.07) is 3.87. The monoisotopic (exact) mass is 277 g/mol. The molecule has 0 saturated heterocycles. The molecule has 0 fully saturated rings. The first-order valence-electron chi connectivity index (χ1n) is 7.53. The zero-order valence-corrected chi connectivity index (χ0v) is 13.1. The van der Waals surface area contributed by atoms with E-state index >= 15 is 0 Å². The zero-order chi connectivity index (χ0) is 15.0. The van der Waals surface area contributed by atoms with Crippen molar-refractivity contribution < 1.29 is 4.79 Å². The van der Waals surface area contributed by atoms with Crippen molar-refractivity contribution in [2.45, 2.75) is 53.0 Å². The van der Waals surface area contributed by atoms with Gasteiger partial charge in [0.1, 0.15) is 5.69 Å². The summed E-state index contributed by atoms with van der Waals surface area (Å²) in [5, 5.41) is 6.27. The van der Waals surface area contributed by atoms with Gasteiger partial charge < -0.3 is 10.6 Å². The molecule has 112 valence electrons. The standard InChI is InChI=1S/C16H27N3O/c1-5-9-17-14-8-10-18-15(11-14)16(20)19-13(4)7-6-12(2)3/h8,10-13H,5-7,9H2,1-4H3,(H,17,18)(H,19,20). The van der Waals surface area contributed by atoms with Crippen LogP contribution in [-0.4, -0.2) is 23.5 Å². The number of anilines is 1. The first kappa shape index (κ1) is 16.5. The number of pyridine rings is 1. The predicted octanol–water partition coefficient (Wildman–Crippen LogP) is 3.46. The molecule has 20 heavy (non-hydrogen) atoms. The number of hydrogen-bond acceptors (Lipinski definition) is 3. The highest BCUT2D eigenvalue weighted by Gasteiger charge is 2.11. The average molecular weight is 277 g/mol. The van der Waals surface area contributed by atoms with Crippen molar-refractivity contribution in [3.63, 3.8) is 0 Å². The van der Waals surface area contributed by atoms with Gasteiger partial charge in [0.25, 0.3) is 5.91 Å². The first-order chi connectivity index (χ1) is 9.52. The van der Waals surface area contributed by atoms with Crippen LogP contribution < -0.4 is 10.6 Å². The molecule has 0 saturated carbocycles. The minimum Gasteiger partial charge on any atom is -0.385 e. The number of nitrogens with zero attached hydrogens (tertiary/aromatic N) is 1. The molecule has 0 aliphatic rings. The van der Waals surface area contributed by atoms with E-state index in [1.54, 1.807) is 12.3 Å². The van der Waals surface area contributed by atoms with Crippen LogP contribution in [0.5, 0.6) is 0 Å². The number of carbonyl (C=O) groups is 1. The van der Waals surface area contributed by atoms with Crippen LogP contribution >= 0.6 is 0 Å². The number of amides is 1. The van der Waals surface area contributed by atoms with Crippen LogP contribution in [0.2, 0.25) is 0 Å². The van der Waals surface area contributed by atoms with Crippen LogP contribution in [0.3, 0.4) is 0 Å². The molecular weight excluding hydrogens is 250 g/mol. The van der Waals surface area contributed by atoms with Crippen molar-refractivity contribution in [3.8, 4) is 0 Å². The summed E-state index contributed by atoms with van der Waals surface area (Å²) >= 11 is 0. The van der Waals surface area contributed by atoms with Crippen LogP contribution in [0.4, 0.5) is 5.69 Å². The van der Waals surface area contributed by atoms with Gasteiger partial charge in [-0.2, -0.15) is 0 Å². The van der Waals surface area contributed by atoms with Crippen LogP contribution in [0, 0.1) is 5.92 Å². The second-order valence-corrected chi connectivity index (χ2v) is 5.70. The van der Waals surface area contributed by atoms with E-state index in [4.69, 9.17) is 0 Å². The highest BCUT2D eigenvalue weighted by atomic mass is 16.1. The Morgan fingerprint density at radius 1 is 1.30 bits per heavy atom. The van der Waals surface area contributed by atoms with E-state index in [-0.39, 0.29) is 11.9 Å². The lowest BCUT2D eigenvalue weighted by Crippen LogP contribution is -2.33. The number of nitrogens with one attached hydrogen (secondary N) is 2. The second-order valence-electron chi connectivity index (χ2n) is 5.70. The molecule has 0 aromatic carbocycles. The summed E-state index contributed by atoms with van der Waals surface area (Å²) in [6.45, 7) is 9.44. The Labute approximate surface area is 122 Å². The molecule has 1 atom stereocenters. The third kappa shape index (κ3) is 6.04. The fourth-order valence-corrected chi connectivity index (χ4v) is 1.89. The minimum atomic E-state index is -0.0959. The van der Waals surface area contributed by atoms with Crippen LogP contribution in [0.25, 0.3) is 0 Å².